The minimum absolute atomic E-state index is 0.357. The first kappa shape index (κ1) is 7.74. The van der Waals surface area contributed by atoms with Crippen molar-refractivity contribution in [1.29, 1.82) is 0 Å². The van der Waals surface area contributed by atoms with Crippen LogP contribution >= 0.6 is 11.6 Å². The van der Waals surface area contributed by atoms with E-state index in [1.165, 1.54) is 0 Å². The van der Waals surface area contributed by atoms with Crippen LogP contribution in [0.15, 0.2) is 18.2 Å². The second-order valence-corrected chi connectivity index (χ2v) is 3.43. The Kier molecular flexibility index (Phi) is 1.85. The second kappa shape index (κ2) is 2.87. The predicted octanol–water partition coefficient (Wildman–Crippen LogP) is 2.53. The number of ether oxygens (including phenoxy) is 1. The summed E-state index contributed by atoms with van der Waals surface area (Å²) in [5, 5.41) is 4.03. The molecule has 0 fully saturated rings. The highest BCUT2D eigenvalue weighted by molar-refractivity contribution is 6.30. The summed E-state index contributed by atoms with van der Waals surface area (Å²) in [4.78, 5) is 0. The van der Waals surface area contributed by atoms with E-state index in [0.717, 1.165) is 16.5 Å². The van der Waals surface area contributed by atoms with Gasteiger partial charge in [0.15, 0.2) is 0 Å². The van der Waals surface area contributed by atoms with Gasteiger partial charge in [-0.25, -0.2) is 0 Å². The smallest absolute Gasteiger partial charge is 0.142 e. The zero-order valence-corrected chi connectivity index (χ0v) is 7.56. The van der Waals surface area contributed by atoms with Crippen molar-refractivity contribution in [2.75, 3.05) is 11.9 Å². The molecule has 0 amide bonds. The molecule has 2 nitrogen and oxygen atoms in total. The summed E-state index contributed by atoms with van der Waals surface area (Å²) in [7, 11) is 0. The fourth-order valence-electron chi connectivity index (χ4n) is 1.26. The van der Waals surface area contributed by atoms with Gasteiger partial charge in [-0.15, -0.1) is 0 Å². The summed E-state index contributed by atoms with van der Waals surface area (Å²) in [6.07, 6.45) is 0. The SMILES string of the molecule is C[C@@H]1COc2ccc(Cl)cc2N1. The van der Waals surface area contributed by atoms with E-state index in [2.05, 4.69) is 12.2 Å². The first-order chi connectivity index (χ1) is 5.75. The minimum Gasteiger partial charge on any atom is -0.489 e. The van der Waals surface area contributed by atoms with Crippen LogP contribution < -0.4 is 10.1 Å². The molecule has 0 aliphatic carbocycles. The molecule has 1 aliphatic heterocycles. The first-order valence-electron chi connectivity index (χ1n) is 3.94. The largest absolute Gasteiger partial charge is 0.489 e. The zero-order chi connectivity index (χ0) is 8.55. The molecule has 1 aromatic rings. The van der Waals surface area contributed by atoms with E-state index >= 15 is 0 Å². The second-order valence-electron chi connectivity index (χ2n) is 3.00. The summed E-state index contributed by atoms with van der Waals surface area (Å²) < 4.78 is 5.47. The van der Waals surface area contributed by atoms with E-state index in [4.69, 9.17) is 16.3 Å². The Labute approximate surface area is 76.5 Å². The highest BCUT2D eigenvalue weighted by Gasteiger charge is 2.14. The number of nitrogens with one attached hydrogen (secondary N) is 1. The van der Waals surface area contributed by atoms with Crippen LogP contribution in [0, 0.1) is 0 Å². The standard InChI is InChI=1S/C9H10ClNO/c1-6-5-12-9-3-2-7(10)4-8(9)11-6/h2-4,6,11H,5H2,1H3/t6-/m1/s1. The Morgan fingerprint density at radius 2 is 2.42 bits per heavy atom. The molecule has 3 heteroatoms. The van der Waals surface area contributed by atoms with Gasteiger partial charge in [0, 0.05) is 5.02 Å². The average Bonchev–Trinajstić information content (AvgIpc) is 2.03. The molecule has 0 bridgehead atoms. The van der Waals surface area contributed by atoms with E-state index in [9.17, 15) is 0 Å². The lowest BCUT2D eigenvalue weighted by Crippen LogP contribution is -2.28. The van der Waals surface area contributed by atoms with Crippen LogP contribution in [0.2, 0.25) is 5.02 Å². The van der Waals surface area contributed by atoms with Crippen LogP contribution in [0.4, 0.5) is 5.69 Å². The number of hydrogen-bond acceptors (Lipinski definition) is 2. The van der Waals surface area contributed by atoms with Crippen molar-refractivity contribution in [1.82, 2.24) is 0 Å². The van der Waals surface area contributed by atoms with Gasteiger partial charge in [-0.05, 0) is 25.1 Å². The van der Waals surface area contributed by atoms with Crippen molar-refractivity contribution in [3.63, 3.8) is 0 Å². The van der Waals surface area contributed by atoms with Gasteiger partial charge in [0.1, 0.15) is 12.4 Å². The van der Waals surface area contributed by atoms with Gasteiger partial charge in [0.25, 0.3) is 0 Å². The van der Waals surface area contributed by atoms with Gasteiger partial charge in [-0.2, -0.15) is 0 Å². The summed E-state index contributed by atoms with van der Waals surface area (Å²) >= 11 is 5.83. The normalized spacial score (nSPS) is 20.7. The Balaban J connectivity index is 2.37. The maximum Gasteiger partial charge on any atom is 0.142 e. The number of anilines is 1. The minimum atomic E-state index is 0.357. The molecule has 1 atom stereocenters. The fraction of sp³-hybridized carbons (Fsp3) is 0.333. The first-order valence-corrected chi connectivity index (χ1v) is 4.32. The Bertz CT molecular complexity index is 301. The third-order valence-electron chi connectivity index (χ3n) is 1.83. The third-order valence-corrected chi connectivity index (χ3v) is 2.07. The highest BCUT2D eigenvalue weighted by atomic mass is 35.5. The van der Waals surface area contributed by atoms with E-state index in [1.54, 1.807) is 0 Å². The Morgan fingerprint density at radius 3 is 3.25 bits per heavy atom. The van der Waals surface area contributed by atoms with Crippen LogP contribution in [-0.2, 0) is 0 Å². The summed E-state index contributed by atoms with van der Waals surface area (Å²) in [5.74, 6) is 0.887. The van der Waals surface area contributed by atoms with Crippen LogP contribution in [0.3, 0.4) is 0 Å². The summed E-state index contributed by atoms with van der Waals surface area (Å²) in [5.41, 5.74) is 0.987. The fourth-order valence-corrected chi connectivity index (χ4v) is 1.43. The lowest BCUT2D eigenvalue weighted by molar-refractivity contribution is 0.292. The highest BCUT2D eigenvalue weighted by Crippen LogP contribution is 2.31. The van der Waals surface area contributed by atoms with Gasteiger partial charge < -0.3 is 10.1 Å². The van der Waals surface area contributed by atoms with Gasteiger partial charge >= 0.3 is 0 Å². The Morgan fingerprint density at radius 1 is 1.58 bits per heavy atom. The third kappa shape index (κ3) is 1.34. The molecule has 1 N–H and O–H groups in total. The molecular weight excluding hydrogens is 174 g/mol. The monoisotopic (exact) mass is 183 g/mol. The van der Waals surface area contributed by atoms with Crippen LogP contribution in [0.5, 0.6) is 5.75 Å². The number of fused-ring (bicyclic) bond motifs is 1. The zero-order valence-electron chi connectivity index (χ0n) is 6.80. The molecule has 1 heterocycles. The van der Waals surface area contributed by atoms with Crippen molar-refractivity contribution in [3.8, 4) is 5.75 Å². The van der Waals surface area contributed by atoms with Crippen LogP contribution in [-0.4, -0.2) is 12.6 Å². The molecular formula is C9H10ClNO. The van der Waals surface area contributed by atoms with Gasteiger partial charge in [-0.3, -0.25) is 0 Å². The van der Waals surface area contributed by atoms with Crippen molar-refractivity contribution < 1.29 is 4.74 Å². The lowest BCUT2D eigenvalue weighted by Gasteiger charge is -2.24. The quantitative estimate of drug-likeness (QED) is 0.668. The molecule has 64 valence electrons. The summed E-state index contributed by atoms with van der Waals surface area (Å²) in [6.45, 7) is 2.79. The molecule has 0 saturated carbocycles. The molecule has 0 spiro atoms. The topological polar surface area (TPSA) is 21.3 Å². The van der Waals surface area contributed by atoms with Crippen molar-refractivity contribution >= 4 is 17.3 Å². The van der Waals surface area contributed by atoms with Crippen molar-refractivity contribution in [2.24, 2.45) is 0 Å². The van der Waals surface area contributed by atoms with Crippen molar-refractivity contribution in [2.45, 2.75) is 13.0 Å². The van der Waals surface area contributed by atoms with Gasteiger partial charge in [0.2, 0.25) is 0 Å². The van der Waals surface area contributed by atoms with Crippen LogP contribution in [0.1, 0.15) is 6.92 Å². The van der Waals surface area contributed by atoms with E-state index < -0.39 is 0 Å². The Hall–Kier alpha value is -0.890. The predicted molar refractivity (Wildman–Crippen MR) is 50.0 cm³/mol. The molecule has 0 unspecified atom stereocenters. The van der Waals surface area contributed by atoms with E-state index in [-0.39, 0.29) is 0 Å². The molecule has 0 aromatic heterocycles. The number of halogens is 1. The molecule has 1 aliphatic rings. The number of rotatable bonds is 0. The van der Waals surface area contributed by atoms with E-state index in [0.29, 0.717) is 12.6 Å². The summed E-state index contributed by atoms with van der Waals surface area (Å²) in [6, 6.07) is 5.96. The maximum absolute atomic E-state index is 5.83. The molecule has 12 heavy (non-hydrogen) atoms. The molecule has 1 aromatic carbocycles. The number of benzene rings is 1. The lowest BCUT2D eigenvalue weighted by atomic mass is 10.2. The van der Waals surface area contributed by atoms with E-state index in [1.807, 2.05) is 18.2 Å². The van der Waals surface area contributed by atoms with Gasteiger partial charge in [-0.1, -0.05) is 11.6 Å². The number of hydrogen-bond donors (Lipinski definition) is 1. The van der Waals surface area contributed by atoms with Gasteiger partial charge in [0.05, 0.1) is 11.7 Å². The maximum atomic E-state index is 5.83. The van der Waals surface area contributed by atoms with Crippen LogP contribution in [0.25, 0.3) is 0 Å². The molecule has 0 saturated heterocycles. The molecule has 2 rings (SSSR count). The van der Waals surface area contributed by atoms with Crippen molar-refractivity contribution in [3.05, 3.63) is 23.2 Å². The average molecular weight is 184 g/mol. The molecule has 0 radical (unpaired) electrons.